The number of aromatic nitrogens is 3. The summed E-state index contributed by atoms with van der Waals surface area (Å²) in [7, 11) is 1.39. The highest BCUT2D eigenvalue weighted by atomic mass is 32.2. The number of carbonyl (C=O) groups is 2. The number of fused-ring (bicyclic) bond motifs is 1. The Kier molecular flexibility index (Phi) is 7.35. The maximum atomic E-state index is 13.4. The van der Waals surface area contributed by atoms with Crippen LogP contribution in [0.15, 0.2) is 47.6 Å². The first-order valence-electron chi connectivity index (χ1n) is 11.8. The summed E-state index contributed by atoms with van der Waals surface area (Å²) < 4.78 is 12.5. The van der Waals surface area contributed by atoms with Gasteiger partial charge in [0.25, 0.3) is 0 Å². The summed E-state index contributed by atoms with van der Waals surface area (Å²) in [4.78, 5) is 31.6. The number of imidazole rings is 1. The summed E-state index contributed by atoms with van der Waals surface area (Å²) in [5.41, 5.74) is 2.58. The Morgan fingerprint density at radius 2 is 1.94 bits per heavy atom. The van der Waals surface area contributed by atoms with Crippen LogP contribution < -0.4 is 4.90 Å². The van der Waals surface area contributed by atoms with Gasteiger partial charge in [-0.25, -0.2) is 14.3 Å². The van der Waals surface area contributed by atoms with E-state index in [-0.39, 0.29) is 11.9 Å². The molecule has 0 spiro atoms. The number of methoxy groups -OCH3 is 1. The van der Waals surface area contributed by atoms with E-state index in [1.807, 2.05) is 74.8 Å². The molecule has 0 bridgehead atoms. The van der Waals surface area contributed by atoms with Gasteiger partial charge in [-0.2, -0.15) is 5.10 Å². The normalized spacial score (nSPS) is 14.5. The summed E-state index contributed by atoms with van der Waals surface area (Å²) in [6.07, 6.45) is 3.59. The van der Waals surface area contributed by atoms with Crippen LogP contribution in [0.1, 0.15) is 57.7 Å². The standard InChI is InChI=1S/C26H32N4O4S/c1-17(24(31)33-5)16-35-22-13-20(23-27-14-21(19-11-12-19)30(23)28-22)29(25(32)34-26(2,3)4)15-18-9-7-6-8-10-18/h6-10,13-14,17,19H,11-12,15-16H2,1-5H3. The molecule has 1 atom stereocenters. The molecule has 1 unspecified atom stereocenters. The molecular formula is C26H32N4O4S. The van der Waals surface area contributed by atoms with Gasteiger partial charge in [0.2, 0.25) is 0 Å². The van der Waals surface area contributed by atoms with Crippen molar-refractivity contribution in [2.45, 2.75) is 63.6 Å². The van der Waals surface area contributed by atoms with Crippen LogP contribution in [0.4, 0.5) is 10.5 Å². The van der Waals surface area contributed by atoms with Crippen molar-refractivity contribution in [3.63, 3.8) is 0 Å². The van der Waals surface area contributed by atoms with Crippen molar-refractivity contribution in [2.75, 3.05) is 17.8 Å². The van der Waals surface area contributed by atoms with Crippen molar-refractivity contribution in [1.82, 2.24) is 14.6 Å². The molecule has 1 aliphatic rings. The molecule has 9 heteroatoms. The van der Waals surface area contributed by atoms with E-state index in [0.717, 1.165) is 24.1 Å². The zero-order valence-electron chi connectivity index (χ0n) is 20.9. The minimum Gasteiger partial charge on any atom is -0.469 e. The molecule has 35 heavy (non-hydrogen) atoms. The summed E-state index contributed by atoms with van der Waals surface area (Å²) in [5, 5.41) is 5.52. The van der Waals surface area contributed by atoms with Crippen LogP contribution in [0.3, 0.4) is 0 Å². The van der Waals surface area contributed by atoms with Crippen molar-refractivity contribution in [2.24, 2.45) is 5.92 Å². The maximum absolute atomic E-state index is 13.4. The molecule has 0 aliphatic heterocycles. The Morgan fingerprint density at radius 1 is 1.23 bits per heavy atom. The number of thioether (sulfide) groups is 1. The summed E-state index contributed by atoms with van der Waals surface area (Å²) >= 11 is 1.45. The molecule has 0 N–H and O–H groups in total. The average molecular weight is 497 g/mol. The van der Waals surface area contributed by atoms with Crippen molar-refractivity contribution in [1.29, 1.82) is 0 Å². The van der Waals surface area contributed by atoms with Crippen LogP contribution in [0.5, 0.6) is 0 Å². The fourth-order valence-electron chi connectivity index (χ4n) is 3.68. The quantitative estimate of drug-likeness (QED) is 0.303. The van der Waals surface area contributed by atoms with Crippen LogP contribution in [0.25, 0.3) is 5.65 Å². The molecule has 4 rings (SSSR count). The molecule has 1 fully saturated rings. The molecule has 1 aliphatic carbocycles. The van der Waals surface area contributed by atoms with E-state index in [2.05, 4.69) is 4.98 Å². The minimum absolute atomic E-state index is 0.264. The number of esters is 1. The van der Waals surface area contributed by atoms with E-state index < -0.39 is 11.7 Å². The van der Waals surface area contributed by atoms with Gasteiger partial charge < -0.3 is 9.47 Å². The van der Waals surface area contributed by atoms with Crippen LogP contribution in [0, 0.1) is 5.92 Å². The molecule has 3 aromatic rings. The zero-order chi connectivity index (χ0) is 25.2. The first-order valence-corrected chi connectivity index (χ1v) is 12.8. The number of carbonyl (C=O) groups excluding carboxylic acids is 2. The smallest absolute Gasteiger partial charge is 0.415 e. The van der Waals surface area contributed by atoms with E-state index in [4.69, 9.17) is 14.6 Å². The van der Waals surface area contributed by atoms with Gasteiger partial charge >= 0.3 is 12.1 Å². The summed E-state index contributed by atoms with van der Waals surface area (Å²) in [6.45, 7) is 7.70. The number of ether oxygens (including phenoxy) is 2. The van der Waals surface area contributed by atoms with Gasteiger partial charge in [0.05, 0.1) is 37.2 Å². The lowest BCUT2D eigenvalue weighted by molar-refractivity contribution is -0.144. The first-order chi connectivity index (χ1) is 16.7. The van der Waals surface area contributed by atoms with E-state index in [1.165, 1.54) is 18.9 Å². The van der Waals surface area contributed by atoms with Crippen LogP contribution in [-0.2, 0) is 20.8 Å². The van der Waals surface area contributed by atoms with Gasteiger partial charge in [0.1, 0.15) is 10.6 Å². The van der Waals surface area contributed by atoms with Gasteiger partial charge in [0, 0.05) is 11.7 Å². The van der Waals surface area contributed by atoms with Crippen LogP contribution in [-0.4, -0.2) is 45.1 Å². The SMILES string of the molecule is COC(=O)C(C)CSc1cc(N(Cc2ccccc2)C(=O)OC(C)(C)C)c2ncc(C3CC3)n2n1. The fraction of sp³-hybridized carbons (Fsp3) is 0.462. The number of benzene rings is 1. The Bertz CT molecular complexity index is 1200. The van der Waals surface area contributed by atoms with Crippen molar-refractivity contribution < 1.29 is 19.1 Å². The summed E-state index contributed by atoms with van der Waals surface area (Å²) in [6, 6.07) is 11.7. The predicted molar refractivity (Wildman–Crippen MR) is 136 cm³/mol. The minimum atomic E-state index is -0.655. The molecule has 1 saturated carbocycles. The predicted octanol–water partition coefficient (Wildman–Crippen LogP) is 5.45. The molecule has 2 heterocycles. The lowest BCUT2D eigenvalue weighted by Gasteiger charge is -2.28. The number of amides is 1. The summed E-state index contributed by atoms with van der Waals surface area (Å²) in [5.74, 6) is 0.370. The Balaban J connectivity index is 1.77. The lowest BCUT2D eigenvalue weighted by Crippen LogP contribution is -2.37. The molecular weight excluding hydrogens is 464 g/mol. The third kappa shape index (κ3) is 6.14. The van der Waals surface area contributed by atoms with Crippen molar-refractivity contribution in [3.8, 4) is 0 Å². The Labute approximate surface area is 210 Å². The van der Waals surface area contributed by atoms with E-state index >= 15 is 0 Å². The molecule has 1 amide bonds. The van der Waals surface area contributed by atoms with Gasteiger partial charge in [0.15, 0.2) is 5.65 Å². The number of hydrogen-bond acceptors (Lipinski definition) is 7. The molecule has 1 aromatic carbocycles. The highest BCUT2D eigenvalue weighted by molar-refractivity contribution is 7.99. The van der Waals surface area contributed by atoms with Crippen LogP contribution >= 0.6 is 11.8 Å². The maximum Gasteiger partial charge on any atom is 0.415 e. The Hall–Kier alpha value is -3.07. The van der Waals surface area contributed by atoms with E-state index in [9.17, 15) is 9.59 Å². The zero-order valence-corrected chi connectivity index (χ0v) is 21.7. The fourth-order valence-corrected chi connectivity index (χ4v) is 4.58. The number of hydrogen-bond donors (Lipinski definition) is 0. The number of anilines is 1. The number of rotatable bonds is 8. The lowest BCUT2D eigenvalue weighted by atomic mass is 10.2. The van der Waals surface area contributed by atoms with E-state index in [1.54, 1.807) is 4.90 Å². The topological polar surface area (TPSA) is 86.0 Å². The molecule has 2 aromatic heterocycles. The van der Waals surface area contributed by atoms with Crippen LogP contribution in [0.2, 0.25) is 0 Å². The second-order valence-electron chi connectivity index (χ2n) is 9.85. The third-order valence-corrected chi connectivity index (χ3v) is 6.78. The van der Waals surface area contributed by atoms with Gasteiger partial charge in [-0.15, -0.1) is 11.8 Å². The van der Waals surface area contributed by atoms with Crippen molar-refractivity contribution >= 4 is 35.2 Å². The molecule has 186 valence electrons. The monoisotopic (exact) mass is 496 g/mol. The second kappa shape index (κ2) is 10.3. The van der Waals surface area contributed by atoms with Crippen molar-refractivity contribution in [3.05, 3.63) is 53.9 Å². The largest absolute Gasteiger partial charge is 0.469 e. The third-order valence-electron chi connectivity index (χ3n) is 5.62. The van der Waals surface area contributed by atoms with Gasteiger partial charge in [-0.05, 0) is 45.2 Å². The number of nitrogens with zero attached hydrogens (tertiary/aromatic N) is 4. The highest BCUT2D eigenvalue weighted by Gasteiger charge is 2.31. The van der Waals surface area contributed by atoms with Gasteiger partial charge in [-0.3, -0.25) is 9.69 Å². The molecule has 8 nitrogen and oxygen atoms in total. The van der Waals surface area contributed by atoms with E-state index in [0.29, 0.717) is 34.6 Å². The average Bonchev–Trinajstić information content (AvgIpc) is 3.58. The first kappa shape index (κ1) is 25.0. The van der Waals surface area contributed by atoms with Gasteiger partial charge in [-0.1, -0.05) is 37.3 Å². The molecule has 0 saturated heterocycles. The highest BCUT2D eigenvalue weighted by Crippen LogP contribution is 2.41. The second-order valence-corrected chi connectivity index (χ2v) is 10.9. The Morgan fingerprint density at radius 3 is 2.57 bits per heavy atom. The molecule has 0 radical (unpaired) electrons.